The number of amides is 1. The number of hydrogen-bond donors (Lipinski definition) is 2. The van der Waals surface area contributed by atoms with Gasteiger partial charge in [-0.3, -0.25) is 9.79 Å². The molecule has 2 N–H and O–H groups in total. The van der Waals surface area contributed by atoms with Crippen molar-refractivity contribution < 1.29 is 4.79 Å². The maximum absolute atomic E-state index is 12.3. The Morgan fingerprint density at radius 3 is 2.73 bits per heavy atom. The fourth-order valence-corrected chi connectivity index (χ4v) is 3.24. The molecule has 0 radical (unpaired) electrons. The normalized spacial score (nSPS) is 11.3. The molecule has 0 fully saturated rings. The first-order valence-electron chi connectivity index (χ1n) is 9.07. The van der Waals surface area contributed by atoms with Gasteiger partial charge in [-0.15, -0.1) is 0 Å². The van der Waals surface area contributed by atoms with Crippen molar-refractivity contribution in [1.29, 1.82) is 0 Å². The lowest BCUT2D eigenvalue weighted by Gasteiger charge is -2.19. The van der Waals surface area contributed by atoms with Gasteiger partial charge in [0.25, 0.3) is 0 Å². The molecule has 0 aliphatic rings. The van der Waals surface area contributed by atoms with E-state index in [0.29, 0.717) is 19.5 Å². The van der Waals surface area contributed by atoms with Gasteiger partial charge < -0.3 is 15.5 Å². The lowest BCUT2D eigenvalue weighted by Crippen LogP contribution is -2.39. The Morgan fingerprint density at radius 2 is 2.04 bits per heavy atom. The summed E-state index contributed by atoms with van der Waals surface area (Å²) in [4.78, 5) is 18.7. The van der Waals surface area contributed by atoms with Crippen LogP contribution in [0.2, 0.25) is 0 Å². The molecular weight excluding hydrogens is 412 g/mol. The number of rotatable bonds is 11. The van der Waals surface area contributed by atoms with Crippen molar-refractivity contribution in [3.63, 3.8) is 0 Å². The van der Waals surface area contributed by atoms with E-state index >= 15 is 0 Å². The largest absolute Gasteiger partial charge is 0.357 e. The zero-order valence-electron chi connectivity index (χ0n) is 16.1. The molecule has 26 heavy (non-hydrogen) atoms. The van der Waals surface area contributed by atoms with Gasteiger partial charge >= 0.3 is 0 Å². The third-order valence-electron chi connectivity index (χ3n) is 3.79. The monoisotopic (exact) mass is 442 g/mol. The molecule has 0 unspecified atom stereocenters. The van der Waals surface area contributed by atoms with E-state index in [0.717, 1.165) is 35.5 Å². The molecule has 0 bridgehead atoms. The van der Waals surface area contributed by atoms with Gasteiger partial charge in [-0.05, 0) is 43.4 Å². The zero-order valence-corrected chi connectivity index (χ0v) is 18.5. The highest BCUT2D eigenvalue weighted by molar-refractivity contribution is 9.10. The van der Waals surface area contributed by atoms with Crippen molar-refractivity contribution in [3.8, 4) is 0 Å². The van der Waals surface area contributed by atoms with Gasteiger partial charge in [-0.1, -0.05) is 34.1 Å². The number of thioether (sulfide) groups is 1. The quantitative estimate of drug-likeness (QED) is 0.312. The number of hydrogen-bond acceptors (Lipinski definition) is 3. The molecule has 0 saturated carbocycles. The van der Waals surface area contributed by atoms with Crippen molar-refractivity contribution in [2.75, 3.05) is 38.7 Å². The van der Waals surface area contributed by atoms with Gasteiger partial charge in [0.05, 0.1) is 0 Å². The summed E-state index contributed by atoms with van der Waals surface area (Å²) in [5.74, 6) is 2.08. The Hall–Kier alpha value is -1.21. The van der Waals surface area contributed by atoms with Gasteiger partial charge in [0.1, 0.15) is 0 Å². The van der Waals surface area contributed by atoms with Gasteiger partial charge in [0, 0.05) is 44.1 Å². The van der Waals surface area contributed by atoms with E-state index in [1.807, 2.05) is 50.0 Å². The number of nitrogens with one attached hydrogen (secondary N) is 2. The van der Waals surface area contributed by atoms with E-state index in [4.69, 9.17) is 0 Å². The van der Waals surface area contributed by atoms with E-state index in [-0.39, 0.29) is 5.91 Å². The third kappa shape index (κ3) is 9.48. The summed E-state index contributed by atoms with van der Waals surface area (Å²) >= 11 is 5.39. The number of carbonyl (C=O) groups excluding carboxylic acids is 1. The SMILES string of the molecule is CCNC(=NCCCCSC)NCCC(=O)N(C)Cc1ccccc1Br. The van der Waals surface area contributed by atoms with E-state index in [9.17, 15) is 4.79 Å². The van der Waals surface area contributed by atoms with Crippen molar-refractivity contribution in [3.05, 3.63) is 34.3 Å². The van der Waals surface area contributed by atoms with Crippen molar-refractivity contribution >= 4 is 39.6 Å². The molecule has 1 aromatic rings. The molecule has 0 spiro atoms. The predicted octanol–water partition coefficient (Wildman–Crippen LogP) is 3.50. The number of halogens is 1. The number of unbranched alkanes of at least 4 members (excludes halogenated alkanes) is 1. The minimum atomic E-state index is 0.115. The first-order valence-corrected chi connectivity index (χ1v) is 11.3. The smallest absolute Gasteiger partial charge is 0.224 e. The van der Waals surface area contributed by atoms with Crippen LogP contribution in [0.25, 0.3) is 0 Å². The van der Waals surface area contributed by atoms with Crippen molar-refractivity contribution in [2.45, 2.75) is 32.7 Å². The average Bonchev–Trinajstić information content (AvgIpc) is 2.63. The molecule has 1 rings (SSSR count). The minimum absolute atomic E-state index is 0.115. The summed E-state index contributed by atoms with van der Waals surface area (Å²) in [6.45, 7) is 4.85. The Morgan fingerprint density at radius 1 is 1.27 bits per heavy atom. The molecule has 7 heteroatoms. The fraction of sp³-hybridized carbons (Fsp3) is 0.579. The Balaban J connectivity index is 2.36. The van der Waals surface area contributed by atoms with Crippen LogP contribution in [0, 0.1) is 0 Å². The fourth-order valence-electron chi connectivity index (χ4n) is 2.34. The highest BCUT2D eigenvalue weighted by Crippen LogP contribution is 2.17. The van der Waals surface area contributed by atoms with Crippen LogP contribution in [0.1, 0.15) is 31.7 Å². The summed E-state index contributed by atoms with van der Waals surface area (Å²) in [6.07, 6.45) is 4.84. The molecule has 0 heterocycles. The van der Waals surface area contributed by atoms with Crippen LogP contribution in [-0.2, 0) is 11.3 Å². The molecule has 1 amide bonds. The first kappa shape index (κ1) is 22.8. The predicted molar refractivity (Wildman–Crippen MR) is 117 cm³/mol. The number of nitrogens with zero attached hydrogens (tertiary/aromatic N) is 2. The van der Waals surface area contributed by atoms with Crippen LogP contribution in [0.3, 0.4) is 0 Å². The van der Waals surface area contributed by atoms with Crippen LogP contribution in [0.5, 0.6) is 0 Å². The zero-order chi connectivity index (χ0) is 19.2. The second kappa shape index (κ2) is 13.9. The van der Waals surface area contributed by atoms with Crippen LogP contribution in [0.15, 0.2) is 33.7 Å². The molecule has 0 atom stereocenters. The van der Waals surface area contributed by atoms with E-state index in [1.54, 1.807) is 4.90 Å². The second-order valence-electron chi connectivity index (χ2n) is 5.98. The van der Waals surface area contributed by atoms with E-state index < -0.39 is 0 Å². The topological polar surface area (TPSA) is 56.7 Å². The van der Waals surface area contributed by atoms with Crippen LogP contribution < -0.4 is 10.6 Å². The number of guanidine groups is 1. The first-order chi connectivity index (χ1) is 12.6. The summed E-state index contributed by atoms with van der Waals surface area (Å²) < 4.78 is 1.03. The molecule has 5 nitrogen and oxygen atoms in total. The second-order valence-corrected chi connectivity index (χ2v) is 7.82. The lowest BCUT2D eigenvalue weighted by molar-refractivity contribution is -0.130. The lowest BCUT2D eigenvalue weighted by atomic mass is 10.2. The third-order valence-corrected chi connectivity index (χ3v) is 5.26. The average molecular weight is 443 g/mol. The summed E-state index contributed by atoms with van der Waals surface area (Å²) in [7, 11) is 1.84. The Kier molecular flexibility index (Phi) is 12.2. The van der Waals surface area contributed by atoms with Crippen molar-refractivity contribution in [1.82, 2.24) is 15.5 Å². The molecule has 0 aromatic heterocycles. The van der Waals surface area contributed by atoms with Gasteiger partial charge in [0.15, 0.2) is 5.96 Å². The summed E-state index contributed by atoms with van der Waals surface area (Å²) in [5.41, 5.74) is 1.11. The Bertz CT molecular complexity index is 568. The number of benzene rings is 1. The maximum Gasteiger partial charge on any atom is 0.224 e. The van der Waals surface area contributed by atoms with E-state index in [1.165, 1.54) is 12.2 Å². The standard InChI is InChI=1S/C19H31BrN4OS/c1-4-21-19(22-12-7-8-14-26-3)23-13-11-18(25)24(2)15-16-9-5-6-10-17(16)20/h5-6,9-10H,4,7-8,11-15H2,1-3H3,(H2,21,22,23). The minimum Gasteiger partial charge on any atom is -0.357 e. The molecule has 146 valence electrons. The Labute approximate surface area is 170 Å². The van der Waals surface area contributed by atoms with Crippen LogP contribution in [-0.4, -0.2) is 55.5 Å². The molecule has 0 aliphatic heterocycles. The van der Waals surface area contributed by atoms with Gasteiger partial charge in [-0.2, -0.15) is 11.8 Å². The highest BCUT2D eigenvalue weighted by Gasteiger charge is 2.10. The van der Waals surface area contributed by atoms with Crippen LogP contribution in [0.4, 0.5) is 0 Å². The number of carbonyl (C=O) groups is 1. The summed E-state index contributed by atoms with van der Waals surface area (Å²) in [5, 5.41) is 6.48. The van der Waals surface area contributed by atoms with Crippen molar-refractivity contribution in [2.24, 2.45) is 4.99 Å². The van der Waals surface area contributed by atoms with Gasteiger partial charge in [-0.25, -0.2) is 0 Å². The molecule has 0 saturated heterocycles. The van der Waals surface area contributed by atoms with E-state index in [2.05, 4.69) is 37.8 Å². The maximum atomic E-state index is 12.3. The molecule has 0 aliphatic carbocycles. The molecular formula is C19H31BrN4OS. The highest BCUT2D eigenvalue weighted by atomic mass is 79.9. The summed E-state index contributed by atoms with van der Waals surface area (Å²) in [6, 6.07) is 7.98. The number of aliphatic imine (C=N–C) groups is 1. The molecule has 1 aromatic carbocycles. The van der Waals surface area contributed by atoms with Crippen LogP contribution >= 0.6 is 27.7 Å². The van der Waals surface area contributed by atoms with Gasteiger partial charge in [0.2, 0.25) is 5.91 Å².